The maximum absolute atomic E-state index is 11.2. The van der Waals surface area contributed by atoms with Gasteiger partial charge in [0.1, 0.15) is 0 Å². The Labute approximate surface area is 171 Å². The van der Waals surface area contributed by atoms with E-state index in [2.05, 4.69) is 4.99 Å². The summed E-state index contributed by atoms with van der Waals surface area (Å²) in [7, 11) is 0. The van der Waals surface area contributed by atoms with Crippen LogP contribution in [0.25, 0.3) is 5.69 Å². The van der Waals surface area contributed by atoms with Crippen molar-refractivity contribution in [3.8, 4) is 5.69 Å². The van der Waals surface area contributed by atoms with Crippen molar-refractivity contribution >= 4 is 52.7 Å². The van der Waals surface area contributed by atoms with Gasteiger partial charge in [0.2, 0.25) is 0 Å². The van der Waals surface area contributed by atoms with Gasteiger partial charge in [-0.1, -0.05) is 40.9 Å². The lowest BCUT2D eigenvalue weighted by Crippen LogP contribution is -2.02. The van der Waals surface area contributed by atoms with Crippen molar-refractivity contribution in [2.24, 2.45) is 4.99 Å². The number of benzene rings is 2. The minimum absolute atomic E-state index is 0.0697. The van der Waals surface area contributed by atoms with E-state index in [0.29, 0.717) is 15.7 Å². The number of carbonyl (C=O) groups is 1. The second-order valence-corrected chi connectivity index (χ2v) is 7.15. The quantitative estimate of drug-likeness (QED) is 0.489. The van der Waals surface area contributed by atoms with Crippen molar-refractivity contribution in [1.29, 1.82) is 0 Å². The molecule has 0 spiro atoms. The molecule has 3 aromatic rings. The van der Waals surface area contributed by atoms with Gasteiger partial charge in [0, 0.05) is 28.9 Å². The Morgan fingerprint density at radius 1 is 1.07 bits per heavy atom. The fourth-order valence-corrected chi connectivity index (χ4v) is 3.46. The molecule has 0 atom stereocenters. The van der Waals surface area contributed by atoms with Gasteiger partial charge in [-0.15, -0.1) is 0 Å². The van der Waals surface area contributed by atoms with Crippen molar-refractivity contribution in [1.82, 2.24) is 4.57 Å². The first-order chi connectivity index (χ1) is 12.8. The van der Waals surface area contributed by atoms with Gasteiger partial charge >= 0.3 is 5.97 Å². The molecule has 138 valence electrons. The Balaban J connectivity index is 2.00. The highest BCUT2D eigenvalue weighted by Gasteiger charge is 2.14. The number of aliphatic imine (C=N–C) groups is 1. The Bertz CT molecular complexity index is 1070. The molecule has 1 heterocycles. The van der Waals surface area contributed by atoms with Crippen molar-refractivity contribution in [2.45, 2.75) is 13.8 Å². The first-order valence-corrected chi connectivity index (χ1v) is 9.13. The van der Waals surface area contributed by atoms with Crippen LogP contribution < -0.4 is 0 Å². The van der Waals surface area contributed by atoms with Crippen LogP contribution in [0.5, 0.6) is 0 Å². The molecule has 1 aromatic heterocycles. The number of hydrogen-bond acceptors (Lipinski definition) is 2. The average molecular weight is 422 g/mol. The first-order valence-electron chi connectivity index (χ1n) is 8.00. The largest absolute Gasteiger partial charge is 0.478 e. The zero-order valence-corrected chi connectivity index (χ0v) is 16.8. The van der Waals surface area contributed by atoms with Gasteiger partial charge in [-0.3, -0.25) is 4.99 Å². The number of carboxylic acids is 1. The second kappa shape index (κ2) is 7.77. The predicted octanol–water partition coefficient (Wildman–Crippen LogP) is 6.50. The zero-order chi connectivity index (χ0) is 19.7. The molecule has 0 fully saturated rings. The lowest BCUT2D eigenvalue weighted by molar-refractivity contribution is 0.0697. The molecular weight excluding hydrogens is 407 g/mol. The smallest absolute Gasteiger partial charge is 0.337 e. The number of aromatic carboxylic acids is 1. The number of carboxylic acid groups (broad SMARTS) is 1. The highest BCUT2D eigenvalue weighted by atomic mass is 35.5. The lowest BCUT2D eigenvalue weighted by atomic mass is 10.2. The van der Waals surface area contributed by atoms with Gasteiger partial charge in [-0.2, -0.15) is 0 Å². The summed E-state index contributed by atoms with van der Waals surface area (Å²) >= 11 is 18.3. The third kappa shape index (κ3) is 3.88. The molecule has 2 aromatic carbocycles. The van der Waals surface area contributed by atoms with Crippen LogP contribution >= 0.6 is 34.8 Å². The lowest BCUT2D eigenvalue weighted by Gasteiger charge is -2.11. The number of hydrogen-bond donors (Lipinski definition) is 1. The molecule has 0 aliphatic carbocycles. The molecule has 1 N–H and O–H groups in total. The number of rotatable bonds is 4. The van der Waals surface area contributed by atoms with E-state index in [9.17, 15) is 4.79 Å². The Hall–Kier alpha value is -2.27. The van der Waals surface area contributed by atoms with Crippen molar-refractivity contribution < 1.29 is 9.90 Å². The Kier molecular flexibility index (Phi) is 5.61. The third-order valence-corrected chi connectivity index (χ3v) is 5.31. The SMILES string of the molecule is Cc1cc(C=Nc2cccc(Cl)c2Cl)c(C)n1-c1ccc(C(=O)O)c(Cl)c1. The fraction of sp³-hybridized carbons (Fsp3) is 0.100. The Morgan fingerprint density at radius 3 is 2.48 bits per heavy atom. The summed E-state index contributed by atoms with van der Waals surface area (Å²) in [6, 6.07) is 12.1. The second-order valence-electron chi connectivity index (χ2n) is 5.96. The minimum atomic E-state index is -1.06. The molecule has 7 heteroatoms. The topological polar surface area (TPSA) is 54.6 Å². The van der Waals surface area contributed by atoms with Crippen LogP contribution in [0.4, 0.5) is 5.69 Å². The van der Waals surface area contributed by atoms with Gasteiger partial charge < -0.3 is 9.67 Å². The molecule has 27 heavy (non-hydrogen) atoms. The van der Waals surface area contributed by atoms with E-state index in [4.69, 9.17) is 39.9 Å². The molecule has 0 aliphatic rings. The van der Waals surface area contributed by atoms with E-state index in [1.165, 1.54) is 6.07 Å². The molecule has 0 amide bonds. The molecule has 0 aliphatic heterocycles. The van der Waals surface area contributed by atoms with E-state index in [1.807, 2.05) is 24.5 Å². The fourth-order valence-electron chi connectivity index (χ4n) is 2.86. The number of aryl methyl sites for hydroxylation is 1. The van der Waals surface area contributed by atoms with E-state index in [-0.39, 0.29) is 10.6 Å². The number of halogens is 3. The van der Waals surface area contributed by atoms with Crippen molar-refractivity contribution in [2.75, 3.05) is 0 Å². The van der Waals surface area contributed by atoms with E-state index in [1.54, 1.807) is 36.5 Å². The van der Waals surface area contributed by atoms with Crippen LogP contribution in [0, 0.1) is 13.8 Å². The maximum Gasteiger partial charge on any atom is 0.337 e. The van der Waals surface area contributed by atoms with E-state index >= 15 is 0 Å². The molecule has 0 unspecified atom stereocenters. The highest BCUT2D eigenvalue weighted by Crippen LogP contribution is 2.32. The standard InChI is InChI=1S/C20H15Cl3N2O2/c1-11-8-13(10-24-18-5-3-4-16(21)19(18)23)12(2)25(11)14-6-7-15(20(26)27)17(22)9-14/h3-10H,1-2H3,(H,26,27). The van der Waals surface area contributed by atoms with E-state index < -0.39 is 5.97 Å². The van der Waals surface area contributed by atoms with Crippen LogP contribution in [-0.4, -0.2) is 21.9 Å². The van der Waals surface area contributed by atoms with Gasteiger partial charge in [-0.05, 0) is 50.2 Å². The molecule has 0 bridgehead atoms. The van der Waals surface area contributed by atoms with Gasteiger partial charge in [0.25, 0.3) is 0 Å². The number of aromatic nitrogens is 1. The summed E-state index contributed by atoms with van der Waals surface area (Å²) in [6.07, 6.45) is 1.73. The molecule has 0 saturated heterocycles. The molecule has 4 nitrogen and oxygen atoms in total. The normalized spacial score (nSPS) is 11.3. The first kappa shape index (κ1) is 19.5. The summed E-state index contributed by atoms with van der Waals surface area (Å²) in [6.45, 7) is 3.91. The van der Waals surface area contributed by atoms with Crippen LogP contribution in [0.15, 0.2) is 47.5 Å². The molecule has 3 rings (SSSR count). The highest BCUT2D eigenvalue weighted by molar-refractivity contribution is 6.43. The van der Waals surface area contributed by atoms with E-state index in [0.717, 1.165) is 22.6 Å². The van der Waals surface area contributed by atoms with Crippen molar-refractivity contribution in [3.05, 3.63) is 80.0 Å². The molecular formula is C20H15Cl3N2O2. The van der Waals surface area contributed by atoms with Crippen LogP contribution in [0.3, 0.4) is 0 Å². The molecule has 0 radical (unpaired) electrons. The predicted molar refractivity (Wildman–Crippen MR) is 111 cm³/mol. The third-order valence-electron chi connectivity index (χ3n) is 4.19. The van der Waals surface area contributed by atoms with Crippen LogP contribution in [0.1, 0.15) is 27.3 Å². The minimum Gasteiger partial charge on any atom is -0.478 e. The van der Waals surface area contributed by atoms with Gasteiger partial charge in [0.05, 0.1) is 26.3 Å². The zero-order valence-electron chi connectivity index (χ0n) is 14.5. The van der Waals surface area contributed by atoms with Gasteiger partial charge in [0.15, 0.2) is 0 Å². The Morgan fingerprint density at radius 2 is 1.81 bits per heavy atom. The van der Waals surface area contributed by atoms with Crippen LogP contribution in [0.2, 0.25) is 15.1 Å². The number of nitrogens with zero attached hydrogens (tertiary/aromatic N) is 2. The summed E-state index contributed by atoms with van der Waals surface area (Å²) in [4.78, 5) is 15.6. The maximum atomic E-state index is 11.2. The summed E-state index contributed by atoms with van der Waals surface area (Å²) in [5, 5.41) is 10.2. The van der Waals surface area contributed by atoms with Crippen LogP contribution in [-0.2, 0) is 0 Å². The van der Waals surface area contributed by atoms with Gasteiger partial charge in [-0.25, -0.2) is 4.79 Å². The molecule has 0 saturated carbocycles. The summed E-state index contributed by atoms with van der Waals surface area (Å²) in [5.41, 5.74) is 4.24. The summed E-state index contributed by atoms with van der Waals surface area (Å²) in [5.74, 6) is -1.06. The monoisotopic (exact) mass is 420 g/mol. The average Bonchev–Trinajstić information content (AvgIpc) is 2.89. The van der Waals surface area contributed by atoms with Crippen molar-refractivity contribution in [3.63, 3.8) is 0 Å². The summed E-state index contributed by atoms with van der Waals surface area (Å²) < 4.78 is 1.98.